The van der Waals surface area contributed by atoms with Crippen molar-refractivity contribution in [3.05, 3.63) is 29.1 Å². The molecule has 0 amide bonds. The van der Waals surface area contributed by atoms with Crippen LogP contribution in [-0.2, 0) is 12.8 Å². The highest BCUT2D eigenvalue weighted by molar-refractivity contribution is 5.87. The predicted octanol–water partition coefficient (Wildman–Crippen LogP) is 2.54. The summed E-state index contributed by atoms with van der Waals surface area (Å²) in [4.78, 5) is 15.0. The Bertz CT molecular complexity index is 359. The van der Waals surface area contributed by atoms with Gasteiger partial charge in [-0.1, -0.05) is 20.8 Å². The molecule has 0 aromatic carbocycles. The Balaban J connectivity index is 3.07. The Labute approximate surface area is 90.2 Å². The summed E-state index contributed by atoms with van der Waals surface area (Å²) in [7, 11) is 0. The first kappa shape index (κ1) is 11.7. The van der Waals surface area contributed by atoms with Crippen LogP contribution in [0, 0.1) is 5.92 Å². The molecular formula is C12H17NO2. The molecule has 1 rings (SSSR count). The van der Waals surface area contributed by atoms with Crippen LogP contribution in [0.15, 0.2) is 12.3 Å². The van der Waals surface area contributed by atoms with Gasteiger partial charge in [-0.3, -0.25) is 4.98 Å². The van der Waals surface area contributed by atoms with Gasteiger partial charge in [0, 0.05) is 11.9 Å². The fourth-order valence-corrected chi connectivity index (χ4v) is 1.59. The van der Waals surface area contributed by atoms with Crippen molar-refractivity contribution in [1.29, 1.82) is 0 Å². The van der Waals surface area contributed by atoms with Crippen LogP contribution in [0.2, 0.25) is 0 Å². The van der Waals surface area contributed by atoms with E-state index in [9.17, 15) is 4.79 Å². The van der Waals surface area contributed by atoms with Gasteiger partial charge in [0.05, 0.1) is 5.56 Å². The van der Waals surface area contributed by atoms with Crippen LogP contribution in [-0.4, -0.2) is 16.1 Å². The minimum atomic E-state index is -0.907. The molecule has 1 aromatic rings. The number of carbonyl (C=O) groups is 1. The zero-order valence-electron chi connectivity index (χ0n) is 9.45. The Morgan fingerprint density at radius 2 is 2.20 bits per heavy atom. The lowest BCUT2D eigenvalue weighted by molar-refractivity contribution is 0.0696. The minimum Gasteiger partial charge on any atom is -0.478 e. The van der Waals surface area contributed by atoms with E-state index in [1.807, 2.05) is 6.92 Å². The van der Waals surface area contributed by atoms with Gasteiger partial charge in [-0.05, 0) is 30.4 Å². The predicted molar refractivity (Wildman–Crippen MR) is 59.1 cm³/mol. The summed E-state index contributed by atoms with van der Waals surface area (Å²) < 4.78 is 0. The number of carboxylic acid groups (broad SMARTS) is 1. The summed E-state index contributed by atoms with van der Waals surface area (Å²) in [5.41, 5.74) is 2.35. The quantitative estimate of drug-likeness (QED) is 0.825. The fraction of sp³-hybridized carbons (Fsp3) is 0.500. The lowest BCUT2D eigenvalue weighted by atomic mass is 9.99. The molecule has 3 nitrogen and oxygen atoms in total. The van der Waals surface area contributed by atoms with Gasteiger partial charge in [-0.15, -0.1) is 0 Å². The van der Waals surface area contributed by atoms with Gasteiger partial charge >= 0.3 is 5.97 Å². The Morgan fingerprint density at radius 3 is 2.67 bits per heavy atom. The molecule has 1 aromatic heterocycles. The molecule has 0 aliphatic heterocycles. The van der Waals surface area contributed by atoms with Gasteiger partial charge in [0.25, 0.3) is 0 Å². The fourth-order valence-electron chi connectivity index (χ4n) is 1.59. The molecule has 0 radical (unpaired) electrons. The molecule has 0 atom stereocenters. The van der Waals surface area contributed by atoms with E-state index in [1.54, 1.807) is 6.07 Å². The van der Waals surface area contributed by atoms with Gasteiger partial charge in [0.15, 0.2) is 0 Å². The van der Waals surface area contributed by atoms with Crippen molar-refractivity contribution in [1.82, 2.24) is 4.98 Å². The summed E-state index contributed by atoms with van der Waals surface area (Å²) in [5.74, 6) is -0.392. The Morgan fingerprint density at radius 1 is 1.53 bits per heavy atom. The number of aromatic nitrogens is 1. The Kier molecular flexibility index (Phi) is 3.83. The maximum absolute atomic E-state index is 10.8. The second-order valence-corrected chi connectivity index (χ2v) is 4.09. The third-order valence-corrected chi connectivity index (χ3v) is 2.27. The Hall–Kier alpha value is -1.38. The molecule has 82 valence electrons. The highest BCUT2D eigenvalue weighted by atomic mass is 16.4. The number of rotatable bonds is 4. The molecule has 1 heterocycles. The number of aryl methyl sites for hydroxylation is 1. The lowest BCUT2D eigenvalue weighted by Gasteiger charge is -2.10. The molecule has 0 aliphatic carbocycles. The zero-order chi connectivity index (χ0) is 11.4. The summed E-state index contributed by atoms with van der Waals surface area (Å²) >= 11 is 0. The summed E-state index contributed by atoms with van der Waals surface area (Å²) in [6.07, 6.45) is 3.17. The van der Waals surface area contributed by atoms with Crippen LogP contribution >= 0.6 is 0 Å². The molecule has 3 heteroatoms. The van der Waals surface area contributed by atoms with Gasteiger partial charge in [-0.2, -0.15) is 0 Å². The van der Waals surface area contributed by atoms with Crippen molar-refractivity contribution in [2.75, 3.05) is 0 Å². The SMILES string of the molecule is CCc1ncc(C(=O)O)cc1CC(C)C. The van der Waals surface area contributed by atoms with E-state index in [0.29, 0.717) is 5.92 Å². The number of pyridine rings is 1. The van der Waals surface area contributed by atoms with Crippen molar-refractivity contribution in [3.8, 4) is 0 Å². The van der Waals surface area contributed by atoms with E-state index in [-0.39, 0.29) is 5.56 Å². The second kappa shape index (κ2) is 4.91. The molecule has 0 saturated carbocycles. The third kappa shape index (κ3) is 3.05. The molecular weight excluding hydrogens is 190 g/mol. The molecule has 1 N–H and O–H groups in total. The maximum Gasteiger partial charge on any atom is 0.337 e. The maximum atomic E-state index is 10.8. The first-order chi connectivity index (χ1) is 7.04. The monoisotopic (exact) mass is 207 g/mol. The number of hydrogen-bond acceptors (Lipinski definition) is 2. The first-order valence-corrected chi connectivity index (χ1v) is 5.25. The minimum absolute atomic E-state index is 0.280. The van der Waals surface area contributed by atoms with Gasteiger partial charge in [-0.25, -0.2) is 4.79 Å². The topological polar surface area (TPSA) is 50.2 Å². The number of nitrogens with zero attached hydrogens (tertiary/aromatic N) is 1. The van der Waals surface area contributed by atoms with Gasteiger partial charge in [0.2, 0.25) is 0 Å². The van der Waals surface area contributed by atoms with Crippen LogP contribution in [0.5, 0.6) is 0 Å². The molecule has 15 heavy (non-hydrogen) atoms. The number of hydrogen-bond donors (Lipinski definition) is 1. The second-order valence-electron chi connectivity index (χ2n) is 4.09. The van der Waals surface area contributed by atoms with Crippen LogP contribution < -0.4 is 0 Å². The molecule has 0 saturated heterocycles. The molecule has 0 unspecified atom stereocenters. The lowest BCUT2D eigenvalue weighted by Crippen LogP contribution is -2.05. The number of aromatic carboxylic acids is 1. The zero-order valence-corrected chi connectivity index (χ0v) is 9.45. The normalized spacial score (nSPS) is 10.7. The van der Waals surface area contributed by atoms with E-state index in [1.165, 1.54) is 6.20 Å². The van der Waals surface area contributed by atoms with Crippen molar-refractivity contribution in [2.45, 2.75) is 33.6 Å². The van der Waals surface area contributed by atoms with Gasteiger partial charge < -0.3 is 5.11 Å². The van der Waals surface area contributed by atoms with E-state index >= 15 is 0 Å². The average Bonchev–Trinajstić information content (AvgIpc) is 2.16. The van der Waals surface area contributed by atoms with E-state index in [2.05, 4.69) is 18.8 Å². The van der Waals surface area contributed by atoms with Crippen LogP contribution in [0.4, 0.5) is 0 Å². The van der Waals surface area contributed by atoms with E-state index < -0.39 is 5.97 Å². The molecule has 0 aliphatic rings. The summed E-state index contributed by atoms with van der Waals surface area (Å²) in [5, 5.41) is 8.87. The summed E-state index contributed by atoms with van der Waals surface area (Å²) in [6.45, 7) is 6.27. The highest BCUT2D eigenvalue weighted by Crippen LogP contribution is 2.14. The molecule has 0 fully saturated rings. The van der Waals surface area contributed by atoms with Crippen LogP contribution in [0.1, 0.15) is 42.4 Å². The standard InChI is InChI=1S/C12H17NO2/c1-4-11-9(5-8(2)3)6-10(7-13-11)12(14)15/h6-8H,4-5H2,1-3H3,(H,14,15). The van der Waals surface area contributed by atoms with E-state index in [4.69, 9.17) is 5.11 Å². The molecule has 0 spiro atoms. The summed E-state index contributed by atoms with van der Waals surface area (Å²) in [6, 6.07) is 1.74. The largest absolute Gasteiger partial charge is 0.478 e. The van der Waals surface area contributed by atoms with Crippen molar-refractivity contribution >= 4 is 5.97 Å². The third-order valence-electron chi connectivity index (χ3n) is 2.27. The average molecular weight is 207 g/mol. The van der Waals surface area contributed by atoms with Crippen molar-refractivity contribution in [2.24, 2.45) is 5.92 Å². The molecule has 0 bridgehead atoms. The van der Waals surface area contributed by atoms with Crippen LogP contribution in [0.25, 0.3) is 0 Å². The first-order valence-electron chi connectivity index (χ1n) is 5.25. The van der Waals surface area contributed by atoms with Crippen molar-refractivity contribution in [3.63, 3.8) is 0 Å². The van der Waals surface area contributed by atoms with Crippen LogP contribution in [0.3, 0.4) is 0 Å². The highest BCUT2D eigenvalue weighted by Gasteiger charge is 2.09. The van der Waals surface area contributed by atoms with Crippen molar-refractivity contribution < 1.29 is 9.90 Å². The smallest absolute Gasteiger partial charge is 0.337 e. The van der Waals surface area contributed by atoms with E-state index in [0.717, 1.165) is 24.1 Å². The van der Waals surface area contributed by atoms with Gasteiger partial charge in [0.1, 0.15) is 0 Å². The number of carboxylic acids is 1.